The van der Waals surface area contributed by atoms with Gasteiger partial charge in [-0.05, 0) is 57.1 Å². The summed E-state index contributed by atoms with van der Waals surface area (Å²) in [7, 11) is 0. The first-order chi connectivity index (χ1) is 10.0. The summed E-state index contributed by atoms with van der Waals surface area (Å²) in [5, 5.41) is 3.53. The Morgan fingerprint density at radius 1 is 1.19 bits per heavy atom. The fourth-order valence-corrected chi connectivity index (χ4v) is 2.98. The second-order valence-electron chi connectivity index (χ2n) is 7.14. The lowest BCUT2D eigenvalue weighted by atomic mass is 9.89. The van der Waals surface area contributed by atoms with E-state index in [0.717, 1.165) is 24.8 Å². The van der Waals surface area contributed by atoms with Gasteiger partial charge in [0, 0.05) is 12.1 Å². The van der Waals surface area contributed by atoms with Crippen LogP contribution in [0.5, 0.6) is 5.75 Å². The molecule has 1 saturated carbocycles. The first-order valence-corrected chi connectivity index (χ1v) is 8.51. The zero-order valence-corrected chi connectivity index (χ0v) is 14.1. The molecule has 2 heteroatoms. The van der Waals surface area contributed by atoms with Crippen molar-refractivity contribution in [2.75, 3.05) is 6.54 Å². The average molecular weight is 289 g/mol. The predicted molar refractivity (Wildman–Crippen MR) is 89.8 cm³/mol. The van der Waals surface area contributed by atoms with Gasteiger partial charge in [0.2, 0.25) is 0 Å². The van der Waals surface area contributed by atoms with Crippen LogP contribution >= 0.6 is 0 Å². The Balaban J connectivity index is 1.97. The fraction of sp³-hybridized carbons (Fsp3) is 0.684. The quantitative estimate of drug-likeness (QED) is 0.819. The molecular weight excluding hydrogens is 258 g/mol. The molecule has 0 atom stereocenters. The molecule has 1 aromatic rings. The van der Waals surface area contributed by atoms with Crippen LogP contribution in [0.1, 0.15) is 57.6 Å². The van der Waals surface area contributed by atoms with E-state index in [1.54, 1.807) is 0 Å². The molecule has 0 spiro atoms. The van der Waals surface area contributed by atoms with Crippen LogP contribution in [-0.2, 0) is 6.54 Å². The highest BCUT2D eigenvalue weighted by Crippen LogP contribution is 2.29. The molecule has 1 aliphatic rings. The van der Waals surface area contributed by atoms with Gasteiger partial charge in [0.1, 0.15) is 5.75 Å². The third kappa shape index (κ3) is 5.35. The average Bonchev–Trinajstić information content (AvgIpc) is 2.43. The van der Waals surface area contributed by atoms with Gasteiger partial charge in [-0.3, -0.25) is 0 Å². The maximum atomic E-state index is 6.31. The summed E-state index contributed by atoms with van der Waals surface area (Å²) in [6.07, 6.45) is 5.42. The largest absolute Gasteiger partial charge is 0.490 e. The van der Waals surface area contributed by atoms with E-state index in [4.69, 9.17) is 4.74 Å². The number of ether oxygens (including phenoxy) is 1. The molecule has 1 aliphatic carbocycles. The van der Waals surface area contributed by atoms with Gasteiger partial charge in [-0.15, -0.1) is 0 Å². The molecule has 0 amide bonds. The van der Waals surface area contributed by atoms with E-state index >= 15 is 0 Å². The fourth-order valence-electron chi connectivity index (χ4n) is 2.98. The van der Waals surface area contributed by atoms with Crippen LogP contribution in [-0.4, -0.2) is 12.6 Å². The normalized spacial score (nSPS) is 22.5. The van der Waals surface area contributed by atoms with Gasteiger partial charge < -0.3 is 10.1 Å². The van der Waals surface area contributed by atoms with Gasteiger partial charge in [-0.1, -0.05) is 38.5 Å². The lowest BCUT2D eigenvalue weighted by Crippen LogP contribution is -2.24. The molecule has 21 heavy (non-hydrogen) atoms. The molecule has 0 unspecified atom stereocenters. The van der Waals surface area contributed by atoms with Gasteiger partial charge in [0.15, 0.2) is 0 Å². The summed E-state index contributed by atoms with van der Waals surface area (Å²) < 4.78 is 6.31. The molecule has 0 saturated heterocycles. The van der Waals surface area contributed by atoms with Crippen molar-refractivity contribution < 1.29 is 4.74 Å². The Labute approximate surface area is 130 Å². The number of nitrogens with one attached hydrogen (secondary N) is 1. The van der Waals surface area contributed by atoms with Crippen molar-refractivity contribution in [2.45, 2.75) is 66.0 Å². The molecule has 1 N–H and O–H groups in total. The van der Waals surface area contributed by atoms with Crippen LogP contribution < -0.4 is 10.1 Å². The van der Waals surface area contributed by atoms with Gasteiger partial charge in [0.05, 0.1) is 6.10 Å². The second-order valence-corrected chi connectivity index (χ2v) is 7.14. The third-order valence-corrected chi connectivity index (χ3v) is 4.34. The molecule has 2 rings (SSSR count). The molecule has 2 nitrogen and oxygen atoms in total. The maximum Gasteiger partial charge on any atom is 0.124 e. The van der Waals surface area contributed by atoms with Crippen LogP contribution in [0, 0.1) is 18.8 Å². The number of hydrogen-bond donors (Lipinski definition) is 1. The summed E-state index contributed by atoms with van der Waals surface area (Å²) in [6, 6.07) is 6.57. The first kappa shape index (κ1) is 16.4. The minimum atomic E-state index is 0.410. The van der Waals surface area contributed by atoms with Crippen molar-refractivity contribution in [3.05, 3.63) is 29.3 Å². The standard InChI is InChI=1S/C19H31NO/c1-14(2)12-20-13-17-11-16(4)7-10-19(17)21-18-8-5-15(3)6-9-18/h7,10-11,14-15,18,20H,5-6,8-9,12-13H2,1-4H3. The smallest absolute Gasteiger partial charge is 0.124 e. The van der Waals surface area contributed by atoms with Gasteiger partial charge in [-0.25, -0.2) is 0 Å². The highest BCUT2D eigenvalue weighted by atomic mass is 16.5. The molecule has 0 heterocycles. The summed E-state index contributed by atoms with van der Waals surface area (Å²) in [4.78, 5) is 0. The Morgan fingerprint density at radius 2 is 1.90 bits per heavy atom. The van der Waals surface area contributed by atoms with Crippen molar-refractivity contribution in [3.8, 4) is 5.75 Å². The molecule has 118 valence electrons. The maximum absolute atomic E-state index is 6.31. The Kier molecular flexibility index (Phi) is 6.10. The van der Waals surface area contributed by atoms with Crippen LogP contribution in [0.15, 0.2) is 18.2 Å². The van der Waals surface area contributed by atoms with Crippen molar-refractivity contribution >= 4 is 0 Å². The third-order valence-electron chi connectivity index (χ3n) is 4.34. The van der Waals surface area contributed by atoms with Crippen molar-refractivity contribution in [2.24, 2.45) is 11.8 Å². The second kappa shape index (κ2) is 7.84. The van der Waals surface area contributed by atoms with Gasteiger partial charge >= 0.3 is 0 Å². The van der Waals surface area contributed by atoms with E-state index in [0.29, 0.717) is 12.0 Å². The number of benzene rings is 1. The minimum Gasteiger partial charge on any atom is -0.490 e. The topological polar surface area (TPSA) is 21.3 Å². The lowest BCUT2D eigenvalue weighted by molar-refractivity contribution is 0.134. The molecular formula is C19H31NO. The zero-order valence-electron chi connectivity index (χ0n) is 14.1. The number of hydrogen-bond acceptors (Lipinski definition) is 2. The van der Waals surface area contributed by atoms with Crippen molar-refractivity contribution in [3.63, 3.8) is 0 Å². The van der Waals surface area contributed by atoms with E-state index in [1.165, 1.54) is 36.8 Å². The number of aryl methyl sites for hydroxylation is 1. The summed E-state index contributed by atoms with van der Waals surface area (Å²) >= 11 is 0. The van der Waals surface area contributed by atoms with Crippen molar-refractivity contribution in [1.29, 1.82) is 0 Å². The van der Waals surface area contributed by atoms with Crippen molar-refractivity contribution in [1.82, 2.24) is 5.32 Å². The lowest BCUT2D eigenvalue weighted by Gasteiger charge is -2.28. The molecule has 0 aliphatic heterocycles. The van der Waals surface area contributed by atoms with E-state index in [2.05, 4.69) is 51.2 Å². The monoisotopic (exact) mass is 289 g/mol. The highest BCUT2D eigenvalue weighted by Gasteiger charge is 2.20. The van der Waals surface area contributed by atoms with Crippen LogP contribution in [0.4, 0.5) is 0 Å². The Morgan fingerprint density at radius 3 is 2.57 bits per heavy atom. The minimum absolute atomic E-state index is 0.410. The van der Waals surface area contributed by atoms with Gasteiger partial charge in [0.25, 0.3) is 0 Å². The summed E-state index contributed by atoms with van der Waals surface area (Å²) in [5.74, 6) is 2.63. The molecule has 1 fully saturated rings. The Bertz CT molecular complexity index is 433. The molecule has 1 aromatic carbocycles. The SMILES string of the molecule is Cc1ccc(OC2CCC(C)CC2)c(CNCC(C)C)c1. The highest BCUT2D eigenvalue weighted by molar-refractivity contribution is 5.37. The Hall–Kier alpha value is -1.02. The first-order valence-electron chi connectivity index (χ1n) is 8.51. The van der Waals surface area contributed by atoms with Crippen LogP contribution in [0.25, 0.3) is 0 Å². The van der Waals surface area contributed by atoms with E-state index < -0.39 is 0 Å². The van der Waals surface area contributed by atoms with Crippen LogP contribution in [0.3, 0.4) is 0 Å². The predicted octanol–water partition coefficient (Wildman–Crippen LogP) is 4.70. The van der Waals surface area contributed by atoms with Gasteiger partial charge in [-0.2, -0.15) is 0 Å². The molecule has 0 bridgehead atoms. The zero-order chi connectivity index (χ0) is 15.2. The summed E-state index contributed by atoms with van der Waals surface area (Å²) in [6.45, 7) is 10.9. The van der Waals surface area contributed by atoms with E-state index in [-0.39, 0.29) is 0 Å². The molecule has 0 aromatic heterocycles. The number of rotatable bonds is 6. The molecule has 0 radical (unpaired) electrons. The van der Waals surface area contributed by atoms with E-state index in [1.807, 2.05) is 0 Å². The van der Waals surface area contributed by atoms with Crippen LogP contribution in [0.2, 0.25) is 0 Å². The van der Waals surface area contributed by atoms with E-state index in [9.17, 15) is 0 Å². The summed E-state index contributed by atoms with van der Waals surface area (Å²) in [5.41, 5.74) is 2.61.